The molecule has 0 aliphatic carbocycles. The van der Waals surface area contributed by atoms with Gasteiger partial charge in [0.15, 0.2) is 5.22 Å². The number of rotatable bonds is 2. The van der Waals surface area contributed by atoms with Gasteiger partial charge in [-0.05, 0) is 54.3 Å². The van der Waals surface area contributed by atoms with Gasteiger partial charge in [-0.15, -0.1) is 0 Å². The molecule has 2 aromatic rings. The summed E-state index contributed by atoms with van der Waals surface area (Å²) in [6, 6.07) is 6.36. The first kappa shape index (κ1) is 12.1. The third-order valence-corrected chi connectivity index (χ3v) is 2.84. The van der Waals surface area contributed by atoms with E-state index in [-0.39, 0.29) is 11.0 Å². The molecule has 0 radical (unpaired) electrons. The molecule has 0 aliphatic rings. The van der Waals surface area contributed by atoms with Gasteiger partial charge in [0.2, 0.25) is 0 Å². The summed E-state index contributed by atoms with van der Waals surface area (Å²) < 4.78 is 18.6. The van der Waals surface area contributed by atoms with Gasteiger partial charge in [-0.2, -0.15) is 0 Å². The van der Waals surface area contributed by atoms with E-state index in [1.54, 1.807) is 38.1 Å². The van der Waals surface area contributed by atoms with E-state index in [2.05, 4.69) is 0 Å². The van der Waals surface area contributed by atoms with Crippen molar-refractivity contribution < 1.29 is 13.9 Å². The van der Waals surface area contributed by atoms with Crippen LogP contribution < -0.4 is 0 Å². The Kier molecular flexibility index (Phi) is 3.22. The Labute approximate surface area is 104 Å². The van der Waals surface area contributed by atoms with Crippen molar-refractivity contribution in [3.8, 4) is 0 Å². The molecular formula is C13H12ClFO2. The van der Waals surface area contributed by atoms with Gasteiger partial charge in [0.05, 0.1) is 0 Å². The highest BCUT2D eigenvalue weighted by atomic mass is 35.5. The van der Waals surface area contributed by atoms with Crippen molar-refractivity contribution in [2.75, 3.05) is 0 Å². The minimum atomic E-state index is -0.930. The van der Waals surface area contributed by atoms with E-state index < -0.39 is 6.10 Å². The maximum Gasteiger partial charge on any atom is 0.193 e. The van der Waals surface area contributed by atoms with E-state index >= 15 is 0 Å². The van der Waals surface area contributed by atoms with E-state index in [9.17, 15) is 9.50 Å². The maximum absolute atomic E-state index is 13.5. The first-order valence-corrected chi connectivity index (χ1v) is 5.57. The molecule has 0 spiro atoms. The van der Waals surface area contributed by atoms with Gasteiger partial charge in [0, 0.05) is 0 Å². The topological polar surface area (TPSA) is 33.4 Å². The van der Waals surface area contributed by atoms with Gasteiger partial charge >= 0.3 is 0 Å². The third-order valence-electron chi connectivity index (χ3n) is 2.64. The molecule has 1 N–H and O–H groups in total. The summed E-state index contributed by atoms with van der Waals surface area (Å²) in [6.07, 6.45) is -0.930. The van der Waals surface area contributed by atoms with Crippen LogP contribution in [0.5, 0.6) is 0 Å². The first-order chi connectivity index (χ1) is 7.99. The van der Waals surface area contributed by atoms with Gasteiger partial charge in [-0.25, -0.2) is 4.39 Å². The lowest BCUT2D eigenvalue weighted by Gasteiger charge is -2.11. The Hall–Kier alpha value is -1.32. The van der Waals surface area contributed by atoms with Gasteiger partial charge < -0.3 is 9.52 Å². The van der Waals surface area contributed by atoms with Gasteiger partial charge in [-0.1, -0.05) is 12.1 Å². The highest BCUT2D eigenvalue weighted by Gasteiger charge is 2.16. The molecule has 90 valence electrons. The first-order valence-electron chi connectivity index (χ1n) is 5.19. The van der Waals surface area contributed by atoms with Crippen LogP contribution in [-0.4, -0.2) is 5.11 Å². The highest BCUT2D eigenvalue weighted by molar-refractivity contribution is 6.28. The van der Waals surface area contributed by atoms with Crippen molar-refractivity contribution >= 4 is 11.6 Å². The third kappa shape index (κ3) is 2.35. The number of benzene rings is 1. The molecule has 1 unspecified atom stereocenters. The van der Waals surface area contributed by atoms with E-state index in [4.69, 9.17) is 16.0 Å². The molecule has 0 bridgehead atoms. The molecule has 1 heterocycles. The Morgan fingerprint density at radius 1 is 1.24 bits per heavy atom. The average Bonchev–Trinajstić information content (AvgIpc) is 2.71. The van der Waals surface area contributed by atoms with Crippen molar-refractivity contribution in [1.29, 1.82) is 0 Å². The number of furan rings is 1. The quantitative estimate of drug-likeness (QED) is 0.885. The number of aryl methyl sites for hydroxylation is 2. The normalized spacial score (nSPS) is 12.8. The smallest absolute Gasteiger partial charge is 0.193 e. The van der Waals surface area contributed by atoms with Crippen molar-refractivity contribution in [3.05, 3.63) is 57.8 Å². The minimum Gasteiger partial charge on any atom is -0.447 e. The number of hydrogen-bond donors (Lipinski definition) is 1. The van der Waals surface area contributed by atoms with E-state index in [0.717, 1.165) is 0 Å². The van der Waals surface area contributed by atoms with Gasteiger partial charge in [0.1, 0.15) is 17.7 Å². The lowest BCUT2D eigenvalue weighted by molar-refractivity contribution is 0.189. The Bertz CT molecular complexity index is 525. The van der Waals surface area contributed by atoms with Crippen molar-refractivity contribution in [3.63, 3.8) is 0 Å². The second-order valence-corrected chi connectivity index (χ2v) is 4.39. The maximum atomic E-state index is 13.5. The van der Waals surface area contributed by atoms with Crippen LogP contribution in [0, 0.1) is 19.7 Å². The average molecular weight is 255 g/mol. The molecule has 1 atom stereocenters. The van der Waals surface area contributed by atoms with E-state index in [0.29, 0.717) is 22.5 Å². The zero-order chi connectivity index (χ0) is 12.6. The molecule has 0 aliphatic heterocycles. The Morgan fingerprint density at radius 2 is 1.82 bits per heavy atom. The number of aliphatic hydroxyl groups is 1. The molecular weight excluding hydrogens is 243 g/mol. The van der Waals surface area contributed by atoms with Crippen LogP contribution in [0.4, 0.5) is 4.39 Å². The fourth-order valence-electron chi connectivity index (χ4n) is 1.78. The molecule has 17 heavy (non-hydrogen) atoms. The summed E-state index contributed by atoms with van der Waals surface area (Å²) in [7, 11) is 0. The van der Waals surface area contributed by atoms with Crippen LogP contribution in [0.15, 0.2) is 28.7 Å². The Balaban J connectivity index is 2.41. The summed E-state index contributed by atoms with van der Waals surface area (Å²) in [5, 5.41) is 10.3. The van der Waals surface area contributed by atoms with Crippen LogP contribution in [0.1, 0.15) is 28.6 Å². The number of hydrogen-bond acceptors (Lipinski definition) is 2. The van der Waals surface area contributed by atoms with Crippen LogP contribution in [0.3, 0.4) is 0 Å². The number of halogens is 2. The van der Waals surface area contributed by atoms with Crippen molar-refractivity contribution in [1.82, 2.24) is 0 Å². The predicted octanol–water partition coefficient (Wildman–Crippen LogP) is 3.77. The fraction of sp³-hybridized carbons (Fsp3) is 0.231. The summed E-state index contributed by atoms with van der Waals surface area (Å²) in [5.41, 5.74) is 1.58. The fourth-order valence-corrected chi connectivity index (χ4v) is 1.93. The molecule has 0 saturated heterocycles. The largest absolute Gasteiger partial charge is 0.447 e. The van der Waals surface area contributed by atoms with Crippen LogP contribution in [0.25, 0.3) is 0 Å². The van der Waals surface area contributed by atoms with Crippen LogP contribution in [-0.2, 0) is 0 Å². The molecule has 1 aromatic carbocycles. The molecule has 0 fully saturated rings. The second kappa shape index (κ2) is 4.51. The summed E-state index contributed by atoms with van der Waals surface area (Å²) in [4.78, 5) is 0. The predicted molar refractivity (Wildman–Crippen MR) is 63.7 cm³/mol. The zero-order valence-electron chi connectivity index (χ0n) is 9.50. The molecule has 2 rings (SSSR count). The summed E-state index contributed by atoms with van der Waals surface area (Å²) in [6.45, 7) is 3.32. The lowest BCUT2D eigenvalue weighted by Crippen LogP contribution is -2.01. The second-order valence-electron chi connectivity index (χ2n) is 4.01. The van der Waals surface area contributed by atoms with Crippen LogP contribution >= 0.6 is 11.6 Å². The van der Waals surface area contributed by atoms with Crippen molar-refractivity contribution in [2.45, 2.75) is 20.0 Å². The molecule has 0 amide bonds. The van der Waals surface area contributed by atoms with E-state index in [1.165, 1.54) is 0 Å². The van der Waals surface area contributed by atoms with Gasteiger partial charge in [0.25, 0.3) is 0 Å². The Morgan fingerprint density at radius 3 is 2.29 bits per heavy atom. The molecule has 1 aromatic heterocycles. The standard InChI is InChI=1S/C13H12ClFO2/c1-7-5-9(6-8(2)12(7)15)13(16)10-3-4-11(14)17-10/h3-6,13,16H,1-2H3. The molecule has 4 heteroatoms. The highest BCUT2D eigenvalue weighted by Crippen LogP contribution is 2.28. The molecule has 0 saturated carbocycles. The van der Waals surface area contributed by atoms with Gasteiger partial charge in [-0.3, -0.25) is 0 Å². The van der Waals surface area contributed by atoms with Crippen molar-refractivity contribution in [2.24, 2.45) is 0 Å². The monoisotopic (exact) mass is 254 g/mol. The lowest BCUT2D eigenvalue weighted by atomic mass is 10.0. The summed E-state index contributed by atoms with van der Waals surface area (Å²) in [5.74, 6) is 0.0961. The minimum absolute atomic E-state index is 0.217. The molecule has 2 nitrogen and oxygen atoms in total. The van der Waals surface area contributed by atoms with E-state index in [1.807, 2.05) is 0 Å². The zero-order valence-corrected chi connectivity index (χ0v) is 10.3. The SMILES string of the molecule is Cc1cc(C(O)c2ccc(Cl)o2)cc(C)c1F. The van der Waals surface area contributed by atoms with Crippen LogP contribution in [0.2, 0.25) is 5.22 Å². The summed E-state index contributed by atoms with van der Waals surface area (Å²) >= 11 is 5.64. The number of aliphatic hydroxyl groups excluding tert-OH is 1.